The number of β-amino-alcohol motifs (C(OH)–C–C–N with tert-alkyl or cyclic N) is 1. The number of aliphatic hydroxyl groups is 1. The summed E-state index contributed by atoms with van der Waals surface area (Å²) in [4.78, 5) is 37.1. The Labute approximate surface area is 99.2 Å². The number of hydrogen-bond acceptors (Lipinski definition) is 4. The van der Waals surface area contributed by atoms with Crippen molar-refractivity contribution in [1.82, 2.24) is 9.80 Å². The van der Waals surface area contributed by atoms with Gasteiger partial charge in [-0.05, 0) is 6.42 Å². The van der Waals surface area contributed by atoms with Crippen LogP contribution in [-0.2, 0) is 14.4 Å². The molecule has 2 heterocycles. The van der Waals surface area contributed by atoms with Gasteiger partial charge in [0.05, 0.1) is 6.10 Å². The third-order valence-corrected chi connectivity index (χ3v) is 3.22. The highest BCUT2D eigenvalue weighted by Crippen LogP contribution is 2.14. The Hall–Kier alpha value is -1.43. The van der Waals surface area contributed by atoms with Crippen molar-refractivity contribution in [3.63, 3.8) is 0 Å². The summed E-state index contributed by atoms with van der Waals surface area (Å²) in [7, 11) is 0. The van der Waals surface area contributed by atoms with E-state index in [4.69, 9.17) is 0 Å². The van der Waals surface area contributed by atoms with E-state index in [-0.39, 0.29) is 43.5 Å². The molecule has 2 fully saturated rings. The van der Waals surface area contributed by atoms with E-state index in [0.717, 1.165) is 4.90 Å². The lowest BCUT2D eigenvalue weighted by Crippen LogP contribution is -2.35. The lowest BCUT2D eigenvalue weighted by Gasteiger charge is -2.18. The maximum absolute atomic E-state index is 11.7. The molecule has 0 aromatic heterocycles. The van der Waals surface area contributed by atoms with Crippen LogP contribution in [0.25, 0.3) is 0 Å². The SMILES string of the molecule is O=C(CCN1C(=O)CCC1=O)N1CC[C@H](O)C1. The van der Waals surface area contributed by atoms with E-state index in [0.29, 0.717) is 19.5 Å². The number of carbonyl (C=O) groups is 3. The summed E-state index contributed by atoms with van der Waals surface area (Å²) in [6.07, 6.45) is 0.844. The number of carbonyl (C=O) groups excluding carboxylic acids is 3. The first-order chi connectivity index (χ1) is 8.08. The fourth-order valence-corrected chi connectivity index (χ4v) is 2.21. The molecule has 0 radical (unpaired) electrons. The van der Waals surface area contributed by atoms with E-state index >= 15 is 0 Å². The summed E-state index contributed by atoms with van der Waals surface area (Å²) in [6.45, 7) is 1.09. The first-order valence-electron chi connectivity index (χ1n) is 5.87. The topological polar surface area (TPSA) is 77.9 Å². The molecule has 6 heteroatoms. The monoisotopic (exact) mass is 240 g/mol. The summed E-state index contributed by atoms with van der Waals surface area (Å²) in [5.74, 6) is -0.484. The Bertz CT molecular complexity index is 339. The Morgan fingerprint density at radius 3 is 2.47 bits per heavy atom. The molecular weight excluding hydrogens is 224 g/mol. The quantitative estimate of drug-likeness (QED) is 0.650. The van der Waals surface area contributed by atoms with Crippen molar-refractivity contribution in [2.45, 2.75) is 31.8 Å². The lowest BCUT2D eigenvalue weighted by molar-refractivity contribution is -0.139. The molecule has 0 spiro atoms. The second-order valence-electron chi connectivity index (χ2n) is 4.47. The summed E-state index contributed by atoms with van der Waals surface area (Å²) in [5.41, 5.74) is 0. The molecule has 0 aromatic rings. The standard InChI is InChI=1S/C11H16N2O4/c14-8-3-5-12(7-8)9(15)4-6-13-10(16)1-2-11(13)17/h8,14H,1-7H2/t8-/m0/s1. The smallest absolute Gasteiger partial charge is 0.229 e. The van der Waals surface area contributed by atoms with Crippen molar-refractivity contribution >= 4 is 17.7 Å². The van der Waals surface area contributed by atoms with Crippen molar-refractivity contribution in [3.05, 3.63) is 0 Å². The van der Waals surface area contributed by atoms with Crippen LogP contribution in [0.2, 0.25) is 0 Å². The first-order valence-corrected chi connectivity index (χ1v) is 5.87. The van der Waals surface area contributed by atoms with Crippen molar-refractivity contribution in [1.29, 1.82) is 0 Å². The maximum atomic E-state index is 11.7. The molecule has 2 aliphatic heterocycles. The molecule has 0 unspecified atom stereocenters. The Morgan fingerprint density at radius 2 is 1.94 bits per heavy atom. The number of hydrogen-bond donors (Lipinski definition) is 1. The number of amides is 3. The largest absolute Gasteiger partial charge is 0.391 e. The number of rotatable bonds is 3. The zero-order chi connectivity index (χ0) is 12.4. The van der Waals surface area contributed by atoms with Crippen LogP contribution >= 0.6 is 0 Å². The Kier molecular flexibility index (Phi) is 3.42. The Balaban J connectivity index is 1.80. The molecule has 94 valence electrons. The molecule has 1 atom stereocenters. The van der Waals surface area contributed by atoms with Gasteiger partial charge < -0.3 is 10.0 Å². The van der Waals surface area contributed by atoms with E-state index in [1.54, 1.807) is 4.90 Å². The highest BCUT2D eigenvalue weighted by atomic mass is 16.3. The van der Waals surface area contributed by atoms with Gasteiger partial charge in [0.25, 0.3) is 0 Å². The fraction of sp³-hybridized carbons (Fsp3) is 0.727. The molecule has 3 amide bonds. The van der Waals surface area contributed by atoms with Gasteiger partial charge in [0.1, 0.15) is 0 Å². The first kappa shape index (κ1) is 12.0. The van der Waals surface area contributed by atoms with Gasteiger partial charge >= 0.3 is 0 Å². The van der Waals surface area contributed by atoms with Crippen LogP contribution < -0.4 is 0 Å². The van der Waals surface area contributed by atoms with Gasteiger partial charge in [0, 0.05) is 38.9 Å². The zero-order valence-corrected chi connectivity index (χ0v) is 9.59. The molecule has 2 saturated heterocycles. The number of imide groups is 1. The van der Waals surface area contributed by atoms with Gasteiger partial charge in [-0.2, -0.15) is 0 Å². The third-order valence-electron chi connectivity index (χ3n) is 3.22. The summed E-state index contributed by atoms with van der Waals surface area (Å²) >= 11 is 0. The van der Waals surface area contributed by atoms with Crippen molar-refractivity contribution in [2.24, 2.45) is 0 Å². The minimum absolute atomic E-state index is 0.103. The molecule has 2 aliphatic rings. The third kappa shape index (κ3) is 2.63. The van der Waals surface area contributed by atoms with E-state index in [1.807, 2.05) is 0 Å². The van der Waals surface area contributed by atoms with Crippen molar-refractivity contribution < 1.29 is 19.5 Å². The highest BCUT2D eigenvalue weighted by Gasteiger charge is 2.30. The van der Waals surface area contributed by atoms with Crippen molar-refractivity contribution in [3.8, 4) is 0 Å². The number of aliphatic hydroxyl groups excluding tert-OH is 1. The predicted octanol–water partition coefficient (Wildman–Crippen LogP) is -0.881. The molecule has 6 nitrogen and oxygen atoms in total. The number of likely N-dealkylation sites (tertiary alicyclic amines) is 2. The highest BCUT2D eigenvalue weighted by molar-refractivity contribution is 6.02. The fourth-order valence-electron chi connectivity index (χ4n) is 2.21. The minimum Gasteiger partial charge on any atom is -0.391 e. The van der Waals surface area contributed by atoms with Gasteiger partial charge in [-0.15, -0.1) is 0 Å². The van der Waals surface area contributed by atoms with Crippen LogP contribution in [0.4, 0.5) is 0 Å². The van der Waals surface area contributed by atoms with Crippen LogP contribution in [0, 0.1) is 0 Å². The summed E-state index contributed by atoms with van der Waals surface area (Å²) in [6, 6.07) is 0. The van der Waals surface area contributed by atoms with Crippen molar-refractivity contribution in [2.75, 3.05) is 19.6 Å². The average Bonchev–Trinajstić information content (AvgIpc) is 2.84. The average molecular weight is 240 g/mol. The van der Waals surface area contributed by atoms with E-state index < -0.39 is 6.10 Å². The summed E-state index contributed by atoms with van der Waals surface area (Å²) < 4.78 is 0. The van der Waals surface area contributed by atoms with Crippen LogP contribution in [0.5, 0.6) is 0 Å². The zero-order valence-electron chi connectivity index (χ0n) is 9.59. The summed E-state index contributed by atoms with van der Waals surface area (Å²) in [5, 5.41) is 9.30. The molecule has 0 bridgehead atoms. The molecule has 0 saturated carbocycles. The minimum atomic E-state index is -0.436. The molecule has 0 aromatic carbocycles. The van der Waals surface area contributed by atoms with E-state index in [9.17, 15) is 19.5 Å². The second kappa shape index (κ2) is 4.83. The van der Waals surface area contributed by atoms with Gasteiger partial charge in [-0.1, -0.05) is 0 Å². The van der Waals surface area contributed by atoms with Crippen LogP contribution in [0.1, 0.15) is 25.7 Å². The molecule has 0 aliphatic carbocycles. The van der Waals surface area contributed by atoms with E-state index in [1.165, 1.54) is 0 Å². The van der Waals surface area contributed by atoms with Crippen LogP contribution in [0.15, 0.2) is 0 Å². The predicted molar refractivity (Wildman–Crippen MR) is 57.8 cm³/mol. The lowest BCUT2D eigenvalue weighted by atomic mass is 10.3. The van der Waals surface area contributed by atoms with E-state index in [2.05, 4.69) is 0 Å². The number of nitrogens with zero attached hydrogens (tertiary/aromatic N) is 2. The van der Waals surface area contributed by atoms with Gasteiger partial charge in [0.2, 0.25) is 17.7 Å². The van der Waals surface area contributed by atoms with Gasteiger partial charge in [0.15, 0.2) is 0 Å². The Morgan fingerprint density at radius 1 is 1.29 bits per heavy atom. The molecule has 2 rings (SSSR count). The van der Waals surface area contributed by atoms with Gasteiger partial charge in [-0.3, -0.25) is 19.3 Å². The second-order valence-corrected chi connectivity index (χ2v) is 4.47. The maximum Gasteiger partial charge on any atom is 0.229 e. The molecule has 1 N–H and O–H groups in total. The normalized spacial score (nSPS) is 24.9. The molecule has 17 heavy (non-hydrogen) atoms. The van der Waals surface area contributed by atoms with Gasteiger partial charge in [-0.25, -0.2) is 0 Å². The van der Waals surface area contributed by atoms with Crippen LogP contribution in [-0.4, -0.2) is 58.4 Å². The van der Waals surface area contributed by atoms with Crippen LogP contribution in [0.3, 0.4) is 0 Å². The molecular formula is C11H16N2O4.